The Kier molecular flexibility index (Phi) is 2.87. The van der Waals surface area contributed by atoms with E-state index in [1.165, 1.54) is 12.8 Å². The molecule has 2 saturated carbocycles. The Labute approximate surface area is 102 Å². The molecule has 17 heavy (non-hydrogen) atoms. The number of hydrogen-bond donors (Lipinski definition) is 2. The normalized spacial score (nSPS) is 35.4. The van der Waals surface area contributed by atoms with Crippen LogP contribution in [0.25, 0.3) is 0 Å². The maximum atomic E-state index is 12.1. The van der Waals surface area contributed by atoms with Crippen LogP contribution in [0.1, 0.15) is 32.1 Å². The lowest BCUT2D eigenvalue weighted by Gasteiger charge is -2.36. The van der Waals surface area contributed by atoms with Gasteiger partial charge >= 0.3 is 0 Å². The zero-order chi connectivity index (χ0) is 11.9. The second-order valence-electron chi connectivity index (χ2n) is 5.88. The Morgan fingerprint density at radius 1 is 1.35 bits per heavy atom. The molecule has 0 unspecified atom stereocenters. The van der Waals surface area contributed by atoms with Crippen LogP contribution < -0.4 is 5.32 Å². The molecule has 0 aromatic carbocycles. The fourth-order valence-corrected chi connectivity index (χ4v) is 3.00. The van der Waals surface area contributed by atoms with E-state index in [1.54, 1.807) is 0 Å². The molecule has 3 fully saturated rings. The standard InChI is InChI=1S/C13H21NO3/c15-8-13(3-5-17-6-4-13)14-12(16)11-7-10(11)9-1-2-9/h9-11,15H,1-8H2,(H,14,16)/t10-,11+/m1/s1. The van der Waals surface area contributed by atoms with Crippen LogP contribution in [0.5, 0.6) is 0 Å². The number of aliphatic hydroxyl groups is 1. The Morgan fingerprint density at radius 3 is 2.65 bits per heavy atom. The molecule has 0 aromatic rings. The van der Waals surface area contributed by atoms with Crippen molar-refractivity contribution in [2.75, 3.05) is 19.8 Å². The first kappa shape index (κ1) is 11.5. The van der Waals surface area contributed by atoms with Crippen molar-refractivity contribution < 1.29 is 14.6 Å². The van der Waals surface area contributed by atoms with E-state index >= 15 is 0 Å². The molecule has 2 atom stereocenters. The van der Waals surface area contributed by atoms with Gasteiger partial charge in [0.15, 0.2) is 0 Å². The second kappa shape index (κ2) is 4.25. The van der Waals surface area contributed by atoms with E-state index in [2.05, 4.69) is 5.32 Å². The Bertz CT molecular complexity index is 308. The summed E-state index contributed by atoms with van der Waals surface area (Å²) in [6.45, 7) is 1.30. The molecule has 96 valence electrons. The van der Waals surface area contributed by atoms with Crippen LogP contribution in [-0.2, 0) is 9.53 Å². The molecule has 2 aliphatic carbocycles. The molecule has 0 radical (unpaired) electrons. The number of carbonyl (C=O) groups excluding carboxylic acids is 1. The molecular formula is C13H21NO3. The van der Waals surface area contributed by atoms with Crippen LogP contribution in [-0.4, -0.2) is 36.4 Å². The molecule has 3 aliphatic rings. The fraction of sp³-hybridized carbons (Fsp3) is 0.923. The lowest BCUT2D eigenvalue weighted by Crippen LogP contribution is -2.55. The van der Waals surface area contributed by atoms with Crippen molar-refractivity contribution in [3.05, 3.63) is 0 Å². The summed E-state index contributed by atoms with van der Waals surface area (Å²) in [5, 5.41) is 12.6. The zero-order valence-electron chi connectivity index (χ0n) is 10.2. The van der Waals surface area contributed by atoms with E-state index < -0.39 is 5.54 Å². The number of nitrogens with one attached hydrogen (secondary N) is 1. The van der Waals surface area contributed by atoms with Gasteiger partial charge < -0.3 is 15.2 Å². The molecular weight excluding hydrogens is 218 g/mol. The molecule has 4 heteroatoms. The van der Waals surface area contributed by atoms with E-state index in [4.69, 9.17) is 4.74 Å². The minimum Gasteiger partial charge on any atom is -0.394 e. The molecule has 0 aromatic heterocycles. The minimum absolute atomic E-state index is 0.0307. The predicted octanol–water partition coefficient (Wildman–Crippen LogP) is 0.690. The number of amides is 1. The summed E-state index contributed by atoms with van der Waals surface area (Å²) in [6, 6.07) is 0. The van der Waals surface area contributed by atoms with E-state index in [9.17, 15) is 9.90 Å². The van der Waals surface area contributed by atoms with Crippen LogP contribution in [0.15, 0.2) is 0 Å². The quantitative estimate of drug-likeness (QED) is 0.759. The lowest BCUT2D eigenvalue weighted by atomic mass is 9.90. The van der Waals surface area contributed by atoms with Gasteiger partial charge in [-0.1, -0.05) is 0 Å². The first-order valence-electron chi connectivity index (χ1n) is 6.75. The highest BCUT2D eigenvalue weighted by Crippen LogP contribution is 2.54. The largest absolute Gasteiger partial charge is 0.394 e. The van der Waals surface area contributed by atoms with Crippen molar-refractivity contribution in [2.24, 2.45) is 17.8 Å². The van der Waals surface area contributed by atoms with E-state index in [0.717, 1.165) is 25.2 Å². The molecule has 1 aliphatic heterocycles. The molecule has 4 nitrogen and oxygen atoms in total. The zero-order valence-corrected chi connectivity index (χ0v) is 10.2. The first-order chi connectivity index (χ1) is 8.24. The smallest absolute Gasteiger partial charge is 0.223 e. The molecule has 1 amide bonds. The summed E-state index contributed by atoms with van der Waals surface area (Å²) in [7, 11) is 0. The van der Waals surface area contributed by atoms with E-state index in [0.29, 0.717) is 19.1 Å². The second-order valence-corrected chi connectivity index (χ2v) is 5.88. The summed E-state index contributed by atoms with van der Waals surface area (Å²) in [6.07, 6.45) is 5.15. The van der Waals surface area contributed by atoms with Gasteiger partial charge in [0, 0.05) is 19.1 Å². The number of ether oxygens (including phenoxy) is 1. The monoisotopic (exact) mass is 239 g/mol. The number of aliphatic hydroxyl groups excluding tert-OH is 1. The van der Waals surface area contributed by atoms with Gasteiger partial charge in [-0.25, -0.2) is 0 Å². The van der Waals surface area contributed by atoms with Gasteiger partial charge in [-0.15, -0.1) is 0 Å². The van der Waals surface area contributed by atoms with Crippen LogP contribution >= 0.6 is 0 Å². The van der Waals surface area contributed by atoms with Gasteiger partial charge in [0.1, 0.15) is 0 Å². The van der Waals surface area contributed by atoms with Crippen LogP contribution in [0.3, 0.4) is 0 Å². The van der Waals surface area contributed by atoms with Gasteiger partial charge in [0.2, 0.25) is 5.91 Å². The van der Waals surface area contributed by atoms with Crippen molar-refractivity contribution in [2.45, 2.75) is 37.6 Å². The summed E-state index contributed by atoms with van der Waals surface area (Å²) < 4.78 is 5.29. The third-order valence-electron chi connectivity index (χ3n) is 4.55. The predicted molar refractivity (Wildman–Crippen MR) is 62.3 cm³/mol. The third kappa shape index (κ3) is 2.33. The molecule has 1 saturated heterocycles. The lowest BCUT2D eigenvalue weighted by molar-refractivity contribution is -0.126. The van der Waals surface area contributed by atoms with Gasteiger partial charge in [-0.2, -0.15) is 0 Å². The first-order valence-corrected chi connectivity index (χ1v) is 6.75. The molecule has 0 spiro atoms. The van der Waals surface area contributed by atoms with Crippen LogP contribution in [0.4, 0.5) is 0 Å². The Morgan fingerprint density at radius 2 is 2.06 bits per heavy atom. The number of carbonyl (C=O) groups is 1. The average Bonchev–Trinajstić information content (AvgIpc) is 3.18. The summed E-state index contributed by atoms with van der Waals surface area (Å²) in [5.41, 5.74) is -0.411. The molecule has 1 heterocycles. The SMILES string of the molecule is O=C(NC1(CO)CCOCC1)[C@H]1C[C@@H]1C1CC1. The van der Waals surface area contributed by atoms with Crippen molar-refractivity contribution in [1.82, 2.24) is 5.32 Å². The third-order valence-corrected chi connectivity index (χ3v) is 4.55. The molecule has 3 rings (SSSR count). The fourth-order valence-electron chi connectivity index (χ4n) is 3.00. The summed E-state index contributed by atoms with van der Waals surface area (Å²) >= 11 is 0. The highest BCUT2D eigenvalue weighted by molar-refractivity contribution is 5.82. The van der Waals surface area contributed by atoms with Crippen molar-refractivity contribution in [3.63, 3.8) is 0 Å². The summed E-state index contributed by atoms with van der Waals surface area (Å²) in [5.74, 6) is 1.86. The van der Waals surface area contributed by atoms with Crippen molar-refractivity contribution >= 4 is 5.91 Å². The highest BCUT2D eigenvalue weighted by Gasteiger charge is 2.52. The maximum Gasteiger partial charge on any atom is 0.223 e. The molecule has 0 bridgehead atoms. The van der Waals surface area contributed by atoms with Crippen molar-refractivity contribution in [3.8, 4) is 0 Å². The van der Waals surface area contributed by atoms with Gasteiger partial charge in [0.05, 0.1) is 12.1 Å². The Hall–Kier alpha value is -0.610. The average molecular weight is 239 g/mol. The van der Waals surface area contributed by atoms with Gasteiger partial charge in [-0.05, 0) is 43.9 Å². The molecule has 2 N–H and O–H groups in total. The van der Waals surface area contributed by atoms with Gasteiger partial charge in [-0.3, -0.25) is 4.79 Å². The number of rotatable bonds is 4. The van der Waals surface area contributed by atoms with Gasteiger partial charge in [0.25, 0.3) is 0 Å². The van der Waals surface area contributed by atoms with Crippen LogP contribution in [0, 0.1) is 17.8 Å². The number of hydrogen-bond acceptors (Lipinski definition) is 3. The Balaban J connectivity index is 1.55. The topological polar surface area (TPSA) is 58.6 Å². The highest BCUT2D eigenvalue weighted by atomic mass is 16.5. The summed E-state index contributed by atoms with van der Waals surface area (Å²) in [4.78, 5) is 12.1. The van der Waals surface area contributed by atoms with Crippen LogP contribution in [0.2, 0.25) is 0 Å². The van der Waals surface area contributed by atoms with E-state index in [1.807, 2.05) is 0 Å². The minimum atomic E-state index is -0.411. The maximum absolute atomic E-state index is 12.1. The van der Waals surface area contributed by atoms with E-state index in [-0.39, 0.29) is 18.4 Å². The van der Waals surface area contributed by atoms with Crippen molar-refractivity contribution in [1.29, 1.82) is 0 Å².